The Bertz CT molecular complexity index is 683. The van der Waals surface area contributed by atoms with Gasteiger partial charge in [-0.1, -0.05) is 0 Å². The Balaban J connectivity index is 1.86. The number of aromatic nitrogens is 1. The van der Waals surface area contributed by atoms with E-state index in [2.05, 4.69) is 10.3 Å². The molecule has 2 heterocycles. The van der Waals surface area contributed by atoms with Crippen molar-refractivity contribution in [1.82, 2.24) is 10.3 Å². The molecule has 0 aliphatic heterocycles. The van der Waals surface area contributed by atoms with Gasteiger partial charge in [0.1, 0.15) is 9.71 Å². The molecule has 2 atom stereocenters. The second-order valence-electron chi connectivity index (χ2n) is 5.44. The number of thiophene rings is 1. The highest BCUT2D eigenvalue weighted by Crippen LogP contribution is 2.33. The number of carbonyl (C=O) groups is 1. The van der Waals surface area contributed by atoms with Crippen LogP contribution in [0.15, 0.2) is 12.1 Å². The number of fused-ring (bicyclic) bond motifs is 1. The minimum Gasteiger partial charge on any atom is -0.397 e. The van der Waals surface area contributed by atoms with E-state index in [-0.39, 0.29) is 18.1 Å². The normalized spacial score (nSPS) is 21.8. The van der Waals surface area contributed by atoms with E-state index in [4.69, 9.17) is 10.5 Å². The first-order valence-electron chi connectivity index (χ1n) is 7.09. The van der Waals surface area contributed by atoms with E-state index >= 15 is 0 Å². The van der Waals surface area contributed by atoms with Gasteiger partial charge in [0.2, 0.25) is 0 Å². The summed E-state index contributed by atoms with van der Waals surface area (Å²) in [5.41, 5.74) is 7.55. The molecule has 2 unspecified atom stereocenters. The fourth-order valence-corrected chi connectivity index (χ4v) is 3.91. The van der Waals surface area contributed by atoms with Crippen molar-refractivity contribution in [3.63, 3.8) is 0 Å². The molecular formula is C15H19N3O2S. The zero-order chi connectivity index (χ0) is 15.0. The van der Waals surface area contributed by atoms with Gasteiger partial charge in [0.05, 0.1) is 17.8 Å². The predicted molar refractivity (Wildman–Crippen MR) is 84.7 cm³/mol. The third-order valence-electron chi connectivity index (χ3n) is 4.01. The van der Waals surface area contributed by atoms with Crippen molar-refractivity contribution in [2.75, 3.05) is 12.8 Å². The maximum absolute atomic E-state index is 12.5. The summed E-state index contributed by atoms with van der Waals surface area (Å²) in [7, 11) is 1.69. The number of rotatable bonds is 3. The molecule has 1 aliphatic carbocycles. The largest absolute Gasteiger partial charge is 0.397 e. The lowest BCUT2D eigenvalue weighted by molar-refractivity contribution is 0.0725. The summed E-state index contributed by atoms with van der Waals surface area (Å²) < 4.78 is 5.41. The van der Waals surface area contributed by atoms with Gasteiger partial charge < -0.3 is 15.8 Å². The van der Waals surface area contributed by atoms with Crippen LogP contribution in [0.25, 0.3) is 10.2 Å². The van der Waals surface area contributed by atoms with Crippen molar-refractivity contribution in [3.05, 3.63) is 22.7 Å². The minimum absolute atomic E-state index is 0.0711. The fraction of sp³-hybridized carbons (Fsp3) is 0.467. The molecule has 3 N–H and O–H groups in total. The Labute approximate surface area is 127 Å². The molecule has 0 spiro atoms. The summed E-state index contributed by atoms with van der Waals surface area (Å²) in [5, 5.41) is 3.90. The van der Waals surface area contributed by atoms with Gasteiger partial charge in [-0.2, -0.15) is 0 Å². The van der Waals surface area contributed by atoms with E-state index in [1.807, 2.05) is 19.1 Å². The first kappa shape index (κ1) is 14.3. The van der Waals surface area contributed by atoms with Crippen molar-refractivity contribution in [1.29, 1.82) is 0 Å². The van der Waals surface area contributed by atoms with E-state index in [9.17, 15) is 4.79 Å². The zero-order valence-corrected chi connectivity index (χ0v) is 13.0. The van der Waals surface area contributed by atoms with Crippen molar-refractivity contribution < 1.29 is 9.53 Å². The molecule has 21 heavy (non-hydrogen) atoms. The van der Waals surface area contributed by atoms with Gasteiger partial charge >= 0.3 is 0 Å². The molecule has 0 saturated heterocycles. The number of nitrogens with two attached hydrogens (primary N) is 1. The maximum Gasteiger partial charge on any atom is 0.263 e. The van der Waals surface area contributed by atoms with Crippen LogP contribution in [-0.2, 0) is 4.74 Å². The highest BCUT2D eigenvalue weighted by Gasteiger charge is 2.29. The Morgan fingerprint density at radius 1 is 1.48 bits per heavy atom. The van der Waals surface area contributed by atoms with Gasteiger partial charge in [0.25, 0.3) is 5.91 Å². The number of nitrogens with zero attached hydrogens (tertiary/aromatic N) is 1. The molecule has 1 amide bonds. The van der Waals surface area contributed by atoms with Crippen LogP contribution in [0, 0.1) is 6.92 Å². The number of anilines is 1. The molecule has 0 bridgehead atoms. The number of aryl methyl sites for hydroxylation is 1. The van der Waals surface area contributed by atoms with E-state index in [1.54, 1.807) is 7.11 Å². The van der Waals surface area contributed by atoms with Crippen LogP contribution in [0.4, 0.5) is 5.69 Å². The number of methoxy groups -OCH3 is 1. The third-order valence-corrected chi connectivity index (χ3v) is 5.13. The first-order valence-corrected chi connectivity index (χ1v) is 7.91. The molecule has 6 heteroatoms. The number of pyridine rings is 1. The highest BCUT2D eigenvalue weighted by molar-refractivity contribution is 7.21. The molecule has 2 aromatic rings. The van der Waals surface area contributed by atoms with E-state index < -0.39 is 0 Å². The van der Waals surface area contributed by atoms with Crippen molar-refractivity contribution in [2.45, 2.75) is 38.3 Å². The fourth-order valence-electron chi connectivity index (χ4n) is 2.87. The standard InChI is InChI=1S/C15H19N3O2S/c1-8-6-7-9-12(16)13(21-15(9)17-8)14(19)18-10-4-3-5-11(10)20-2/h6-7,10-11H,3-5,16H2,1-2H3,(H,18,19). The molecule has 5 nitrogen and oxygen atoms in total. The van der Waals surface area contributed by atoms with Crippen molar-refractivity contribution in [2.24, 2.45) is 0 Å². The number of ether oxygens (including phenoxy) is 1. The summed E-state index contributed by atoms with van der Waals surface area (Å²) in [4.78, 5) is 18.3. The summed E-state index contributed by atoms with van der Waals surface area (Å²) >= 11 is 1.35. The molecule has 112 valence electrons. The summed E-state index contributed by atoms with van der Waals surface area (Å²) in [6.45, 7) is 1.93. The smallest absolute Gasteiger partial charge is 0.263 e. The predicted octanol–water partition coefficient (Wildman–Crippen LogP) is 2.48. The first-order chi connectivity index (χ1) is 10.1. The Hall–Kier alpha value is -1.66. The Kier molecular flexibility index (Phi) is 3.82. The molecule has 2 aromatic heterocycles. The van der Waals surface area contributed by atoms with Crippen LogP contribution in [0.1, 0.15) is 34.6 Å². The van der Waals surface area contributed by atoms with Gasteiger partial charge in [-0.05, 0) is 38.3 Å². The summed E-state index contributed by atoms with van der Waals surface area (Å²) in [6, 6.07) is 3.90. The third kappa shape index (κ3) is 2.61. The van der Waals surface area contributed by atoms with Crippen LogP contribution < -0.4 is 11.1 Å². The Morgan fingerprint density at radius 2 is 2.29 bits per heavy atom. The van der Waals surface area contributed by atoms with E-state index in [1.165, 1.54) is 11.3 Å². The highest BCUT2D eigenvalue weighted by atomic mass is 32.1. The second-order valence-corrected chi connectivity index (χ2v) is 6.43. The number of hydrogen-bond donors (Lipinski definition) is 2. The lowest BCUT2D eigenvalue weighted by Crippen LogP contribution is -2.40. The average molecular weight is 305 g/mol. The van der Waals surface area contributed by atoms with Gasteiger partial charge in [0, 0.05) is 18.2 Å². The molecule has 1 fully saturated rings. The summed E-state index contributed by atoms with van der Waals surface area (Å²) in [6.07, 6.45) is 3.12. The van der Waals surface area contributed by atoms with Gasteiger partial charge in [0.15, 0.2) is 0 Å². The topological polar surface area (TPSA) is 77.2 Å². The molecular weight excluding hydrogens is 286 g/mol. The summed E-state index contributed by atoms with van der Waals surface area (Å²) in [5.74, 6) is -0.123. The SMILES string of the molecule is COC1CCCC1NC(=O)c1sc2nc(C)ccc2c1N. The van der Waals surface area contributed by atoms with E-state index in [0.717, 1.165) is 35.2 Å². The van der Waals surface area contributed by atoms with Crippen molar-refractivity contribution in [3.8, 4) is 0 Å². The van der Waals surface area contributed by atoms with E-state index in [0.29, 0.717) is 10.6 Å². The van der Waals surface area contributed by atoms with Crippen molar-refractivity contribution >= 4 is 33.1 Å². The van der Waals surface area contributed by atoms with Gasteiger partial charge in [-0.25, -0.2) is 4.98 Å². The molecule has 1 saturated carbocycles. The zero-order valence-electron chi connectivity index (χ0n) is 12.2. The van der Waals surface area contributed by atoms with Crippen LogP contribution in [0.2, 0.25) is 0 Å². The molecule has 1 aliphatic rings. The average Bonchev–Trinajstić information content (AvgIpc) is 3.03. The number of amides is 1. The van der Waals surface area contributed by atoms with Gasteiger partial charge in [-0.3, -0.25) is 4.79 Å². The van der Waals surface area contributed by atoms with Gasteiger partial charge in [-0.15, -0.1) is 11.3 Å². The number of nitrogens with one attached hydrogen (secondary N) is 1. The maximum atomic E-state index is 12.5. The molecule has 0 radical (unpaired) electrons. The lowest BCUT2D eigenvalue weighted by Gasteiger charge is -2.19. The molecule has 3 rings (SSSR count). The monoisotopic (exact) mass is 305 g/mol. The lowest BCUT2D eigenvalue weighted by atomic mass is 10.2. The van der Waals surface area contributed by atoms with Crippen LogP contribution in [0.3, 0.4) is 0 Å². The van der Waals surface area contributed by atoms with Crippen LogP contribution in [-0.4, -0.2) is 30.1 Å². The number of nitrogen functional groups attached to an aromatic ring is 1. The minimum atomic E-state index is -0.123. The number of carbonyl (C=O) groups excluding carboxylic acids is 1. The second kappa shape index (κ2) is 5.61. The quantitative estimate of drug-likeness (QED) is 0.913. The molecule has 0 aromatic carbocycles. The van der Waals surface area contributed by atoms with Crippen LogP contribution >= 0.6 is 11.3 Å². The number of hydrogen-bond acceptors (Lipinski definition) is 5. The Morgan fingerprint density at radius 3 is 3.05 bits per heavy atom. The van der Waals surface area contributed by atoms with Crippen LogP contribution in [0.5, 0.6) is 0 Å².